The van der Waals surface area contributed by atoms with Gasteiger partial charge in [-0.3, -0.25) is 0 Å². The molecule has 2 atom stereocenters. The molecule has 0 aromatic rings. The smallest absolute Gasteiger partial charge is 0.410 e. The van der Waals surface area contributed by atoms with Crippen molar-refractivity contribution in [2.24, 2.45) is 5.92 Å². The number of rotatable bonds is 4. The Labute approximate surface area is 144 Å². The van der Waals surface area contributed by atoms with Crippen LogP contribution in [0.15, 0.2) is 0 Å². The predicted molar refractivity (Wildman–Crippen MR) is 95.6 cm³/mol. The second-order valence-electron chi connectivity index (χ2n) is 8.32. The van der Waals surface area contributed by atoms with E-state index in [1.165, 1.54) is 0 Å². The fourth-order valence-corrected chi connectivity index (χ4v) is 3.63. The third-order valence-electron chi connectivity index (χ3n) is 4.01. The summed E-state index contributed by atoms with van der Waals surface area (Å²) in [5.74, 6) is 0.449. The predicted octanol–water partition coefficient (Wildman–Crippen LogP) is 3.46. The van der Waals surface area contributed by atoms with Crippen molar-refractivity contribution in [3.8, 4) is 0 Å². The number of hydrogen-bond acceptors (Lipinski definition) is 4. The molecule has 0 radical (unpaired) electrons. The van der Waals surface area contributed by atoms with E-state index in [2.05, 4.69) is 11.6 Å². The molecule has 1 heterocycles. The van der Waals surface area contributed by atoms with E-state index < -0.39 is 17.0 Å². The standard InChI is InChI=1S/C17H34N2O3S/c1-8-14(18-23(21)17(5,6)7)13-9-11-19(12-10-13)15(20)22-16(2,3)4/h13-14,18H,8-12H2,1-7H3/t14-,23?/m0/s1. The van der Waals surface area contributed by atoms with Gasteiger partial charge < -0.3 is 14.2 Å². The minimum Gasteiger partial charge on any atom is -0.598 e. The molecule has 0 aromatic heterocycles. The summed E-state index contributed by atoms with van der Waals surface area (Å²) < 4.78 is 20.8. The maximum atomic E-state index is 12.3. The quantitative estimate of drug-likeness (QED) is 0.792. The number of amides is 1. The van der Waals surface area contributed by atoms with Crippen LogP contribution in [-0.4, -0.2) is 45.0 Å². The van der Waals surface area contributed by atoms with Crippen molar-refractivity contribution in [3.63, 3.8) is 0 Å². The van der Waals surface area contributed by atoms with Gasteiger partial charge >= 0.3 is 6.09 Å². The summed E-state index contributed by atoms with van der Waals surface area (Å²) in [6, 6.07) is 0.232. The molecule has 5 nitrogen and oxygen atoms in total. The second-order valence-corrected chi connectivity index (χ2v) is 10.3. The van der Waals surface area contributed by atoms with Gasteiger partial charge in [0.15, 0.2) is 0 Å². The van der Waals surface area contributed by atoms with E-state index >= 15 is 0 Å². The van der Waals surface area contributed by atoms with E-state index in [9.17, 15) is 9.35 Å². The Kier molecular flexibility index (Phi) is 7.23. The zero-order valence-corrected chi connectivity index (χ0v) is 16.6. The summed E-state index contributed by atoms with van der Waals surface area (Å²) in [6.07, 6.45) is 2.56. The van der Waals surface area contributed by atoms with Crippen molar-refractivity contribution in [1.82, 2.24) is 9.62 Å². The van der Waals surface area contributed by atoms with E-state index in [1.807, 2.05) is 41.5 Å². The fraction of sp³-hybridized carbons (Fsp3) is 0.941. The maximum absolute atomic E-state index is 12.3. The lowest BCUT2D eigenvalue weighted by molar-refractivity contribution is 0.0171. The molecular formula is C17H34N2O3S. The average molecular weight is 347 g/mol. The number of hydrogen-bond donors (Lipinski definition) is 1. The van der Waals surface area contributed by atoms with E-state index in [0.717, 1.165) is 19.3 Å². The summed E-state index contributed by atoms with van der Waals surface area (Å²) in [4.78, 5) is 13.9. The first kappa shape index (κ1) is 20.6. The molecule has 1 aliphatic heterocycles. The van der Waals surface area contributed by atoms with Gasteiger partial charge in [0.2, 0.25) is 0 Å². The lowest BCUT2D eigenvalue weighted by atomic mass is 9.89. The highest BCUT2D eigenvalue weighted by Crippen LogP contribution is 2.26. The third-order valence-corrected chi connectivity index (χ3v) is 5.64. The summed E-state index contributed by atoms with van der Waals surface area (Å²) >= 11 is -1.06. The molecule has 23 heavy (non-hydrogen) atoms. The summed E-state index contributed by atoms with van der Waals surface area (Å²) in [5.41, 5.74) is -0.453. The Hall–Kier alpha value is -0.460. The van der Waals surface area contributed by atoms with Crippen molar-refractivity contribution in [1.29, 1.82) is 0 Å². The van der Waals surface area contributed by atoms with E-state index in [1.54, 1.807) is 4.90 Å². The summed E-state index contributed by atoms with van der Waals surface area (Å²) in [7, 11) is 0. The number of carbonyl (C=O) groups excluding carboxylic acids is 1. The molecule has 1 saturated heterocycles. The molecule has 1 amide bonds. The fourth-order valence-electron chi connectivity index (χ4n) is 2.64. The van der Waals surface area contributed by atoms with Gasteiger partial charge in [-0.25, -0.2) is 4.79 Å². The van der Waals surface area contributed by atoms with Gasteiger partial charge in [0, 0.05) is 24.5 Å². The topological polar surface area (TPSA) is 64.6 Å². The number of carbonyl (C=O) groups is 1. The minimum absolute atomic E-state index is 0.227. The molecule has 0 saturated carbocycles. The van der Waals surface area contributed by atoms with Crippen LogP contribution in [0.3, 0.4) is 0 Å². The first-order valence-electron chi connectivity index (χ1n) is 8.60. The molecule has 0 aromatic carbocycles. The Bertz CT molecular complexity index is 382. The number of ether oxygens (including phenoxy) is 1. The Morgan fingerprint density at radius 3 is 2.17 bits per heavy atom. The average Bonchev–Trinajstić information content (AvgIpc) is 2.41. The van der Waals surface area contributed by atoms with Gasteiger partial charge in [-0.15, -0.1) is 4.72 Å². The molecule has 1 aliphatic rings. The Morgan fingerprint density at radius 2 is 1.78 bits per heavy atom. The van der Waals surface area contributed by atoms with Crippen LogP contribution in [-0.2, 0) is 16.1 Å². The molecule has 0 aliphatic carbocycles. The first-order chi connectivity index (χ1) is 10.4. The van der Waals surface area contributed by atoms with Crippen LogP contribution in [0.25, 0.3) is 0 Å². The number of likely N-dealkylation sites (tertiary alicyclic amines) is 1. The van der Waals surface area contributed by atoms with Crippen LogP contribution >= 0.6 is 0 Å². The molecule has 1 N–H and O–H groups in total. The molecule has 0 spiro atoms. The summed E-state index contributed by atoms with van der Waals surface area (Å²) in [5, 5.41) is 0. The molecule has 0 bridgehead atoms. The molecule has 1 rings (SSSR count). The SMILES string of the molecule is CC[C@H](N[S+]([O-])C(C)(C)C)C1CCN(C(=O)OC(C)(C)C)CC1. The van der Waals surface area contributed by atoms with Crippen LogP contribution in [0.5, 0.6) is 0 Å². The van der Waals surface area contributed by atoms with Gasteiger partial charge in [-0.1, -0.05) is 6.92 Å². The highest BCUT2D eigenvalue weighted by atomic mass is 32.2. The largest absolute Gasteiger partial charge is 0.598 e. The van der Waals surface area contributed by atoms with Crippen LogP contribution < -0.4 is 4.72 Å². The van der Waals surface area contributed by atoms with Crippen LogP contribution in [0.1, 0.15) is 67.7 Å². The van der Waals surface area contributed by atoms with E-state index in [0.29, 0.717) is 19.0 Å². The number of nitrogens with zero attached hydrogens (tertiary/aromatic N) is 1. The molecule has 1 unspecified atom stereocenters. The third kappa shape index (κ3) is 6.89. The maximum Gasteiger partial charge on any atom is 0.410 e. The van der Waals surface area contributed by atoms with Gasteiger partial charge in [-0.05, 0) is 66.7 Å². The highest BCUT2D eigenvalue weighted by molar-refractivity contribution is 7.90. The zero-order valence-electron chi connectivity index (χ0n) is 15.8. The Balaban J connectivity index is 2.52. The molecule has 1 fully saturated rings. The monoisotopic (exact) mass is 346 g/mol. The van der Waals surface area contributed by atoms with Gasteiger partial charge in [0.05, 0.1) is 6.04 Å². The minimum atomic E-state index is -1.06. The van der Waals surface area contributed by atoms with E-state index in [-0.39, 0.29) is 16.9 Å². The lowest BCUT2D eigenvalue weighted by Crippen LogP contribution is -2.50. The van der Waals surface area contributed by atoms with Gasteiger partial charge in [0.25, 0.3) is 0 Å². The molecule has 136 valence electrons. The van der Waals surface area contributed by atoms with Crippen LogP contribution in [0.4, 0.5) is 4.79 Å². The Morgan fingerprint density at radius 1 is 1.26 bits per heavy atom. The van der Waals surface area contributed by atoms with Gasteiger partial charge in [-0.2, -0.15) is 0 Å². The van der Waals surface area contributed by atoms with E-state index in [4.69, 9.17) is 4.74 Å². The lowest BCUT2D eigenvalue weighted by Gasteiger charge is -2.37. The van der Waals surface area contributed by atoms with Crippen LogP contribution in [0.2, 0.25) is 0 Å². The van der Waals surface area contributed by atoms with Crippen molar-refractivity contribution in [2.45, 2.75) is 84.1 Å². The van der Waals surface area contributed by atoms with Crippen LogP contribution in [0, 0.1) is 5.92 Å². The van der Waals surface area contributed by atoms with Crippen molar-refractivity contribution in [3.05, 3.63) is 0 Å². The second kappa shape index (κ2) is 8.08. The van der Waals surface area contributed by atoms with Crippen molar-refractivity contribution in [2.75, 3.05) is 13.1 Å². The number of piperidine rings is 1. The zero-order chi connectivity index (χ0) is 17.8. The molecule has 6 heteroatoms. The highest BCUT2D eigenvalue weighted by Gasteiger charge is 2.34. The first-order valence-corrected chi connectivity index (χ1v) is 9.75. The van der Waals surface area contributed by atoms with Crippen molar-refractivity contribution >= 4 is 17.5 Å². The molecular weight excluding hydrogens is 312 g/mol. The van der Waals surface area contributed by atoms with Crippen molar-refractivity contribution < 1.29 is 14.1 Å². The normalized spacial score (nSPS) is 20.3. The number of nitrogens with one attached hydrogen (secondary N) is 1. The van der Waals surface area contributed by atoms with Gasteiger partial charge in [0.1, 0.15) is 10.3 Å². The summed E-state index contributed by atoms with van der Waals surface area (Å²) in [6.45, 7) is 15.1.